The van der Waals surface area contributed by atoms with Crippen molar-refractivity contribution in [2.75, 3.05) is 30.4 Å². The second kappa shape index (κ2) is 24.6. The molecule has 27 nitrogen and oxygen atoms in total. The molecule has 7 rings (SSSR count). The van der Waals surface area contributed by atoms with E-state index in [1.165, 1.54) is 17.2 Å². The van der Waals surface area contributed by atoms with Crippen molar-refractivity contribution in [2.45, 2.75) is 136 Å². The van der Waals surface area contributed by atoms with Crippen LogP contribution < -0.4 is 27.1 Å². The Hall–Kier alpha value is -5.95. The van der Waals surface area contributed by atoms with Gasteiger partial charge in [-0.15, -0.1) is 9.42 Å². The number of ether oxygens (including phenoxy) is 3. The van der Waals surface area contributed by atoms with Gasteiger partial charge >= 0.3 is 23.0 Å². The molecule has 0 saturated carbocycles. The fraction of sp³-hybridized carbons (Fsp3) is 0.565. The molecule has 1 aromatic carbocycles. The number of imidazole rings is 2. The van der Waals surface area contributed by atoms with E-state index < -0.39 is 116 Å². The average molecular weight is 1110 g/mol. The van der Waals surface area contributed by atoms with Crippen LogP contribution in [-0.4, -0.2) is 126 Å². The van der Waals surface area contributed by atoms with E-state index in [9.17, 15) is 33.4 Å². The average Bonchev–Trinajstić information content (AvgIpc) is 4.14. The van der Waals surface area contributed by atoms with Gasteiger partial charge in [-0.25, -0.2) is 21.3 Å². The number of anilines is 2. The number of nitrogens with zero attached hydrogens (tertiary/aromatic N) is 7. The van der Waals surface area contributed by atoms with Gasteiger partial charge in [0, 0.05) is 16.4 Å². The molecule has 2 unspecified atom stereocenters. The Morgan fingerprint density at radius 1 is 0.882 bits per heavy atom. The first-order valence-corrected chi connectivity index (χ1v) is 29.5. The van der Waals surface area contributed by atoms with Gasteiger partial charge in [-0.2, -0.15) is 9.97 Å². The standard InChI is InChI=1S/C46H62N12O15P2Si/c1-12-27-33(34(73-76(10,11)46(6,7)8)42(69-27)58-23-49-31-36(58)52-44(56-40(31)62)54-38(60)25(4)5)72-75(67-19-18-47-9)68-21-28-32(71-74(64)65)29(50-45(63)66-20-26-16-14-13-15-17-26)41(70-28)57-22-48-30-35(57)51-43(55-39(30)61)53-37(59)24(2)3/h13-17,22-25,27-29,32-34,41-42H,12,18-21H2,1-8,10-11H3,(H5-,50,51,52,53,54,55,56,59,60,61,62,63,64,65)/p+1/t27-,28-,29-,32-,33-,34-,41-,42-,75?/m1/s1. The highest BCUT2D eigenvalue weighted by Gasteiger charge is 2.55. The smallest absolute Gasteiger partial charge is 0.445 e. The van der Waals surface area contributed by atoms with Crippen LogP contribution in [-0.2, 0) is 57.5 Å². The summed E-state index contributed by atoms with van der Waals surface area (Å²) in [7, 11) is -8.65. The Kier molecular flexibility index (Phi) is 18.7. The Bertz CT molecular complexity index is 3050. The van der Waals surface area contributed by atoms with Crippen molar-refractivity contribution < 1.29 is 60.6 Å². The van der Waals surface area contributed by atoms with Crippen LogP contribution in [0.15, 0.2) is 52.6 Å². The highest BCUT2D eigenvalue weighted by Crippen LogP contribution is 2.50. The van der Waals surface area contributed by atoms with Crippen LogP contribution in [0.5, 0.6) is 0 Å². The molecule has 4 aromatic heterocycles. The van der Waals surface area contributed by atoms with Crippen molar-refractivity contribution >= 4 is 77.3 Å². The molecule has 6 heterocycles. The van der Waals surface area contributed by atoms with Crippen LogP contribution in [0.25, 0.3) is 27.2 Å². The number of alkyl carbamates (subject to hydrolysis) is 1. The molecule has 2 fully saturated rings. The quantitative estimate of drug-likeness (QED) is 0.0202. The van der Waals surface area contributed by atoms with Crippen LogP contribution in [0.3, 0.4) is 0 Å². The third-order valence-corrected chi connectivity index (χ3v) is 18.9. The summed E-state index contributed by atoms with van der Waals surface area (Å²) in [6.07, 6.45) is -5.92. The monoisotopic (exact) mass is 1110 g/mol. The predicted molar refractivity (Wildman–Crippen MR) is 277 cm³/mol. The van der Waals surface area contributed by atoms with Crippen molar-refractivity contribution in [1.29, 1.82) is 0 Å². The van der Waals surface area contributed by atoms with E-state index in [1.54, 1.807) is 62.6 Å². The summed E-state index contributed by atoms with van der Waals surface area (Å²) >= 11 is 0. The van der Waals surface area contributed by atoms with Gasteiger partial charge in [0.1, 0.15) is 37.6 Å². The van der Waals surface area contributed by atoms with Crippen molar-refractivity contribution in [1.82, 2.24) is 44.4 Å². The molecule has 76 heavy (non-hydrogen) atoms. The zero-order chi connectivity index (χ0) is 55.2. The molecule has 3 amide bonds. The van der Waals surface area contributed by atoms with E-state index in [0.717, 1.165) is 0 Å². The second-order valence-corrected chi connectivity index (χ2v) is 26.6. The maximum Gasteiger partial charge on any atom is 0.695 e. The lowest BCUT2D eigenvalue weighted by atomic mass is 10.1. The number of hydrogen-bond acceptors (Lipinski definition) is 18. The highest BCUT2D eigenvalue weighted by molar-refractivity contribution is 7.41. The number of nitrogens with one attached hydrogen (secondary N) is 5. The normalized spacial score (nSPS) is 22.5. The Morgan fingerprint density at radius 3 is 1.97 bits per heavy atom. The summed E-state index contributed by atoms with van der Waals surface area (Å²) in [4.78, 5) is 102. The van der Waals surface area contributed by atoms with E-state index in [4.69, 9.17) is 43.3 Å². The van der Waals surface area contributed by atoms with Crippen LogP contribution >= 0.6 is 16.9 Å². The van der Waals surface area contributed by atoms with E-state index in [1.807, 2.05) is 20.0 Å². The Morgan fingerprint density at radius 2 is 1.45 bits per heavy atom. The lowest BCUT2D eigenvalue weighted by Crippen LogP contribution is -2.49. The summed E-state index contributed by atoms with van der Waals surface area (Å²) in [5, 5.41) is 7.55. The number of aromatic amines is 2. The largest absolute Gasteiger partial charge is 0.695 e. The second-order valence-electron chi connectivity index (χ2n) is 20.0. The van der Waals surface area contributed by atoms with Gasteiger partial charge in [0.2, 0.25) is 30.3 Å². The van der Waals surface area contributed by atoms with Gasteiger partial charge in [0.05, 0.1) is 25.4 Å². The molecule has 10 atom stereocenters. The van der Waals surface area contributed by atoms with Crippen molar-refractivity contribution in [3.8, 4) is 0 Å². The first-order valence-electron chi connectivity index (χ1n) is 24.4. The maximum absolute atomic E-state index is 13.6. The fourth-order valence-corrected chi connectivity index (χ4v) is 10.7. The van der Waals surface area contributed by atoms with Crippen LogP contribution in [0, 0.1) is 18.4 Å². The molecule has 30 heteroatoms. The minimum Gasteiger partial charge on any atom is -0.445 e. The van der Waals surface area contributed by atoms with E-state index >= 15 is 0 Å². The van der Waals surface area contributed by atoms with Gasteiger partial charge in [-0.3, -0.25) is 48.9 Å². The number of amides is 3. The molecule has 0 spiro atoms. The van der Waals surface area contributed by atoms with Gasteiger partial charge in [0.25, 0.3) is 11.1 Å². The SMILES string of the molecule is [C-]#[N+]CCOP(OC[C@H]1O[C@@H](n2cnc3c(=O)[nH]c(NC(=O)C(C)C)nc32)[C@H](NC(=O)OCc2ccccc2)[C@@H]1O[P+](=O)O)O[C@H]1[C@@H](O[Si](C)(C)C(C)(C)C)[C@H](n2cnc3c(=O)[nH]c(NC(=O)C(C)C)nc32)O[C@@H]1CC. The van der Waals surface area contributed by atoms with Gasteiger partial charge in [0.15, 0.2) is 49.2 Å². The zero-order valence-corrected chi connectivity index (χ0v) is 46.3. The van der Waals surface area contributed by atoms with Gasteiger partial charge in [-0.1, -0.05) is 85.7 Å². The van der Waals surface area contributed by atoms with Crippen molar-refractivity contribution in [2.24, 2.45) is 11.8 Å². The predicted octanol–water partition coefficient (Wildman–Crippen LogP) is 5.93. The molecular formula is C46H63N12O15P2Si+. The Balaban J connectivity index is 1.24. The summed E-state index contributed by atoms with van der Waals surface area (Å²) < 4.78 is 66.4. The molecule has 6 N–H and O–H groups in total. The number of carbonyl (C=O) groups is 3. The first kappa shape index (κ1) is 57.7. The van der Waals surface area contributed by atoms with Crippen molar-refractivity contribution in [3.63, 3.8) is 0 Å². The van der Waals surface area contributed by atoms with E-state index in [0.29, 0.717) is 12.0 Å². The van der Waals surface area contributed by atoms with E-state index in [2.05, 4.69) is 71.5 Å². The maximum atomic E-state index is 13.6. The fourth-order valence-electron chi connectivity index (χ4n) is 7.79. The molecule has 0 radical (unpaired) electrons. The number of hydrogen-bond donors (Lipinski definition) is 6. The number of carbonyl (C=O) groups excluding carboxylic acids is 3. The molecule has 5 aromatic rings. The molecular weight excluding hydrogens is 1050 g/mol. The number of benzene rings is 1. The van der Waals surface area contributed by atoms with Gasteiger partial charge in [-0.05, 0) is 30.1 Å². The minimum atomic E-state index is -3.40. The number of rotatable bonds is 22. The van der Waals surface area contributed by atoms with Crippen LogP contribution in [0.4, 0.5) is 16.7 Å². The Labute approximate surface area is 439 Å². The lowest BCUT2D eigenvalue weighted by molar-refractivity contribution is -0.119. The molecule has 2 saturated heterocycles. The summed E-state index contributed by atoms with van der Waals surface area (Å²) in [6, 6.07) is 7.43. The topological polar surface area (TPSA) is 330 Å². The van der Waals surface area contributed by atoms with Crippen LogP contribution in [0.2, 0.25) is 18.1 Å². The summed E-state index contributed by atoms with van der Waals surface area (Å²) in [5.74, 6) is -2.04. The summed E-state index contributed by atoms with van der Waals surface area (Å²) in [5.41, 5.74) is -0.874. The molecule has 410 valence electrons. The van der Waals surface area contributed by atoms with Crippen LogP contribution in [0.1, 0.15) is 79.8 Å². The van der Waals surface area contributed by atoms with Crippen molar-refractivity contribution in [3.05, 3.63) is 80.7 Å². The lowest BCUT2D eigenvalue weighted by Gasteiger charge is -2.40. The molecule has 0 aliphatic carbocycles. The number of H-pyrrole nitrogens is 2. The van der Waals surface area contributed by atoms with E-state index in [-0.39, 0.29) is 64.9 Å². The zero-order valence-electron chi connectivity index (χ0n) is 43.5. The minimum absolute atomic E-state index is 0.0270. The first-order chi connectivity index (χ1) is 36.0. The molecule has 2 aliphatic heterocycles. The molecule has 0 bridgehead atoms. The highest BCUT2D eigenvalue weighted by atomic mass is 31.2. The third-order valence-electron chi connectivity index (χ3n) is 12.9. The number of fused-ring (bicyclic) bond motifs is 2. The number of aromatic nitrogens is 8. The van der Waals surface area contributed by atoms with Gasteiger partial charge < -0.3 is 42.4 Å². The molecule has 2 aliphatic rings. The third kappa shape index (κ3) is 13.4. The summed E-state index contributed by atoms with van der Waals surface area (Å²) in [6.45, 7) is 25.4.